The van der Waals surface area contributed by atoms with Gasteiger partial charge in [0.05, 0.1) is 24.7 Å². The molecule has 1 aliphatic heterocycles. The lowest BCUT2D eigenvalue weighted by molar-refractivity contribution is -0.153. The van der Waals surface area contributed by atoms with E-state index in [2.05, 4.69) is 12.2 Å². The molecule has 1 amide bonds. The van der Waals surface area contributed by atoms with E-state index in [1.807, 2.05) is 6.92 Å². The number of carbonyl (C=O) groups excluding carboxylic acids is 2. The Hall–Kier alpha value is -2.21. The fraction of sp³-hybridized carbons (Fsp3) is 0.805. The molecule has 0 aliphatic carbocycles. The lowest BCUT2D eigenvalue weighted by atomic mass is 10.0. The zero-order valence-electron chi connectivity index (χ0n) is 32.7. The van der Waals surface area contributed by atoms with Gasteiger partial charge < -0.3 is 24.3 Å². The summed E-state index contributed by atoms with van der Waals surface area (Å²) in [4.78, 5) is 24.4. The van der Waals surface area contributed by atoms with Crippen molar-refractivity contribution in [2.24, 2.45) is 0 Å². The zero-order chi connectivity index (χ0) is 37.7. The zero-order valence-corrected chi connectivity index (χ0v) is 33.5. The first kappa shape index (κ1) is 45.9. The van der Waals surface area contributed by atoms with Gasteiger partial charge in [0.25, 0.3) is 10.1 Å². The number of unbranched alkanes of at least 4 members (excludes halogenated alkanes) is 17. The van der Waals surface area contributed by atoms with E-state index in [-0.39, 0.29) is 42.9 Å². The molecule has 1 aromatic rings. The molecule has 1 N–H and O–H groups in total. The van der Waals surface area contributed by atoms with Crippen molar-refractivity contribution < 1.29 is 41.1 Å². The summed E-state index contributed by atoms with van der Waals surface area (Å²) in [6, 6.07) is 6.59. The first-order chi connectivity index (χ1) is 25.2. The van der Waals surface area contributed by atoms with Crippen LogP contribution in [0.5, 0.6) is 0 Å². The van der Waals surface area contributed by atoms with Gasteiger partial charge in [0, 0.05) is 20.1 Å². The summed E-state index contributed by atoms with van der Waals surface area (Å²) < 4.78 is 52.9. The fourth-order valence-corrected chi connectivity index (χ4v) is 7.41. The average Bonchev–Trinajstić information content (AvgIpc) is 3.11. The van der Waals surface area contributed by atoms with E-state index < -0.39 is 22.3 Å². The Morgan fingerprint density at radius 3 is 2.02 bits per heavy atom. The molecule has 10 nitrogen and oxygen atoms in total. The van der Waals surface area contributed by atoms with Gasteiger partial charge in [-0.1, -0.05) is 127 Å². The van der Waals surface area contributed by atoms with Crippen LogP contribution in [0, 0.1) is 6.92 Å². The molecule has 52 heavy (non-hydrogen) atoms. The third-order valence-corrected chi connectivity index (χ3v) is 10.9. The summed E-state index contributed by atoms with van der Waals surface area (Å²) in [5.74, 6) is -0.371. The lowest BCUT2D eigenvalue weighted by Crippen LogP contribution is -2.43. The lowest BCUT2D eigenvalue weighted by Gasteiger charge is -2.31. The number of hydrogen-bond donors (Lipinski definition) is 1. The number of esters is 1. The Balaban J connectivity index is 1.52. The largest absolute Gasteiger partial charge is 0.460 e. The van der Waals surface area contributed by atoms with E-state index >= 15 is 0 Å². The highest BCUT2D eigenvalue weighted by Gasteiger charge is 2.30. The standard InChI is InChI=1S/C41H71NO9S/c1-4-5-6-7-8-9-10-11-12-13-14-15-16-18-21-30-42-41(44)51-39-25-23-31-48-40(39)34-47-33-37(50-36(3)43)24-20-17-19-22-32-49-52(45,46)38-28-26-35(2)27-29-38/h26-29,37,39-40H,4-25,30-34H2,1-3H3,(H,42,44)/t37?,39-,40+/m1/s1. The maximum absolute atomic E-state index is 12.5. The summed E-state index contributed by atoms with van der Waals surface area (Å²) in [5, 5.41) is 2.90. The Bertz CT molecular complexity index is 1160. The highest BCUT2D eigenvalue weighted by Crippen LogP contribution is 2.20. The first-order valence-corrected chi connectivity index (χ1v) is 21.9. The number of nitrogens with one attached hydrogen (secondary N) is 1. The predicted molar refractivity (Wildman–Crippen MR) is 206 cm³/mol. The van der Waals surface area contributed by atoms with Gasteiger partial charge in [0.1, 0.15) is 18.3 Å². The molecule has 0 aromatic heterocycles. The maximum atomic E-state index is 12.5. The third-order valence-electron chi connectivity index (χ3n) is 9.57. The van der Waals surface area contributed by atoms with Crippen molar-refractivity contribution in [3.05, 3.63) is 29.8 Å². The van der Waals surface area contributed by atoms with Gasteiger partial charge in [-0.15, -0.1) is 0 Å². The monoisotopic (exact) mass is 753 g/mol. The van der Waals surface area contributed by atoms with Crippen LogP contribution in [-0.4, -0.2) is 71.8 Å². The maximum Gasteiger partial charge on any atom is 0.407 e. The van der Waals surface area contributed by atoms with E-state index in [1.54, 1.807) is 24.3 Å². The van der Waals surface area contributed by atoms with Gasteiger partial charge in [0.2, 0.25) is 0 Å². The molecule has 11 heteroatoms. The van der Waals surface area contributed by atoms with E-state index in [0.717, 1.165) is 44.1 Å². The van der Waals surface area contributed by atoms with Gasteiger partial charge in [-0.2, -0.15) is 8.42 Å². The second-order valence-electron chi connectivity index (χ2n) is 14.4. The second kappa shape index (κ2) is 29.2. The van der Waals surface area contributed by atoms with Crippen molar-refractivity contribution in [2.45, 2.75) is 185 Å². The number of alkyl carbamates (subject to hydrolysis) is 1. The van der Waals surface area contributed by atoms with Crippen molar-refractivity contribution in [1.29, 1.82) is 0 Å². The number of rotatable bonds is 31. The molecule has 0 spiro atoms. The summed E-state index contributed by atoms with van der Waals surface area (Å²) in [7, 11) is -3.76. The Morgan fingerprint density at radius 2 is 1.40 bits per heavy atom. The number of amides is 1. The number of hydrogen-bond acceptors (Lipinski definition) is 9. The van der Waals surface area contributed by atoms with E-state index in [1.165, 1.54) is 90.4 Å². The summed E-state index contributed by atoms with van der Waals surface area (Å²) in [6.07, 6.45) is 23.2. The van der Waals surface area contributed by atoms with E-state index in [0.29, 0.717) is 32.4 Å². The highest BCUT2D eigenvalue weighted by atomic mass is 32.2. The summed E-state index contributed by atoms with van der Waals surface area (Å²) in [5.41, 5.74) is 0.983. The minimum atomic E-state index is -3.76. The second-order valence-corrected chi connectivity index (χ2v) is 16.0. The molecule has 1 aliphatic rings. The fourth-order valence-electron chi connectivity index (χ4n) is 6.46. The quantitative estimate of drug-likeness (QED) is 0.0448. The van der Waals surface area contributed by atoms with Crippen molar-refractivity contribution >= 4 is 22.2 Å². The van der Waals surface area contributed by atoms with Crippen molar-refractivity contribution in [1.82, 2.24) is 5.32 Å². The Labute approximate surface area is 315 Å². The van der Waals surface area contributed by atoms with E-state index in [4.69, 9.17) is 23.1 Å². The van der Waals surface area contributed by atoms with Gasteiger partial charge in [-0.3, -0.25) is 8.98 Å². The molecule has 1 unspecified atom stereocenters. The molecule has 1 heterocycles. The number of ether oxygens (including phenoxy) is 4. The van der Waals surface area contributed by atoms with E-state index in [9.17, 15) is 18.0 Å². The van der Waals surface area contributed by atoms with Crippen molar-refractivity contribution in [3.63, 3.8) is 0 Å². The topological polar surface area (TPSA) is 126 Å². The summed E-state index contributed by atoms with van der Waals surface area (Å²) >= 11 is 0. The summed E-state index contributed by atoms with van der Waals surface area (Å²) in [6.45, 7) is 7.31. The third kappa shape index (κ3) is 22.8. The van der Waals surface area contributed by atoms with Gasteiger partial charge in [0.15, 0.2) is 0 Å². The minimum Gasteiger partial charge on any atom is -0.460 e. The smallest absolute Gasteiger partial charge is 0.407 e. The van der Waals surface area contributed by atoms with Gasteiger partial charge in [-0.25, -0.2) is 4.79 Å². The molecule has 0 saturated carbocycles. The Morgan fingerprint density at radius 1 is 0.827 bits per heavy atom. The van der Waals surface area contributed by atoms with Crippen LogP contribution < -0.4 is 5.32 Å². The van der Waals surface area contributed by atoms with Crippen LogP contribution in [0.2, 0.25) is 0 Å². The van der Waals surface area contributed by atoms with Crippen LogP contribution in [0.15, 0.2) is 29.2 Å². The van der Waals surface area contributed by atoms with Crippen LogP contribution >= 0.6 is 0 Å². The van der Waals surface area contributed by atoms with Gasteiger partial charge >= 0.3 is 12.1 Å². The average molecular weight is 754 g/mol. The molecule has 1 aromatic carbocycles. The number of carbonyl (C=O) groups is 2. The van der Waals surface area contributed by atoms with Crippen molar-refractivity contribution in [3.8, 4) is 0 Å². The molecular weight excluding hydrogens is 683 g/mol. The molecule has 1 saturated heterocycles. The molecule has 0 radical (unpaired) electrons. The van der Waals surface area contributed by atoms with Crippen LogP contribution in [0.3, 0.4) is 0 Å². The minimum absolute atomic E-state index is 0.120. The molecular formula is C41H71NO9S. The SMILES string of the molecule is CCCCCCCCCCCCCCCCCNC(=O)O[C@@H]1CCCO[C@H]1COCC(CCCCCCOS(=O)(=O)c1ccc(C)cc1)OC(C)=O. The van der Waals surface area contributed by atoms with Gasteiger partial charge in [-0.05, 0) is 57.6 Å². The van der Waals surface area contributed by atoms with Crippen molar-refractivity contribution in [2.75, 3.05) is 33.0 Å². The first-order valence-electron chi connectivity index (χ1n) is 20.5. The van der Waals surface area contributed by atoms with Crippen LogP contribution in [0.1, 0.15) is 161 Å². The highest BCUT2D eigenvalue weighted by molar-refractivity contribution is 7.86. The van der Waals surface area contributed by atoms with Crippen LogP contribution in [-0.2, 0) is 38.0 Å². The molecule has 1 fully saturated rings. The molecule has 3 atom stereocenters. The molecule has 2 rings (SSSR count). The number of benzene rings is 1. The van der Waals surface area contributed by atoms with Crippen LogP contribution in [0.4, 0.5) is 4.79 Å². The van der Waals surface area contributed by atoms with Crippen LogP contribution in [0.25, 0.3) is 0 Å². The predicted octanol–water partition coefficient (Wildman–Crippen LogP) is 9.74. The molecule has 0 bridgehead atoms. The normalized spacial score (nSPS) is 16.8. The Kier molecular flexibility index (Phi) is 25.8. The number of aryl methyl sites for hydroxylation is 1. The molecule has 300 valence electrons.